The van der Waals surface area contributed by atoms with E-state index in [-0.39, 0.29) is 5.69 Å². The van der Waals surface area contributed by atoms with Gasteiger partial charge >= 0.3 is 6.18 Å². The molecule has 0 aromatic heterocycles. The Balaban J connectivity index is 3.36. The van der Waals surface area contributed by atoms with Gasteiger partial charge in [-0.2, -0.15) is 13.2 Å². The van der Waals surface area contributed by atoms with Crippen LogP contribution in [0.3, 0.4) is 0 Å². The number of hydrogen-bond donors (Lipinski definition) is 1. The Morgan fingerprint density at radius 1 is 1.29 bits per heavy atom. The lowest BCUT2D eigenvalue weighted by Crippen LogP contribution is -2.10. The van der Waals surface area contributed by atoms with Crippen LogP contribution < -0.4 is 10.5 Å². The van der Waals surface area contributed by atoms with Crippen molar-refractivity contribution in [3.8, 4) is 5.75 Å². The highest BCUT2D eigenvalue weighted by Gasteiger charge is 2.35. The molecule has 1 rings (SSSR count). The number of benzene rings is 1. The van der Waals surface area contributed by atoms with E-state index < -0.39 is 23.3 Å². The zero-order chi connectivity index (χ0) is 10.9. The van der Waals surface area contributed by atoms with Gasteiger partial charge in [-0.3, -0.25) is 0 Å². The van der Waals surface area contributed by atoms with Crippen molar-refractivity contribution in [2.24, 2.45) is 0 Å². The topological polar surface area (TPSA) is 35.2 Å². The van der Waals surface area contributed by atoms with Crippen LogP contribution in [0.15, 0.2) is 12.1 Å². The number of halogens is 4. The summed E-state index contributed by atoms with van der Waals surface area (Å²) < 4.78 is 54.0. The molecular weight excluding hydrogens is 202 g/mol. The molecule has 0 unspecified atom stereocenters. The first-order chi connectivity index (χ1) is 6.38. The molecule has 2 nitrogen and oxygen atoms in total. The van der Waals surface area contributed by atoms with Crippen molar-refractivity contribution in [1.82, 2.24) is 0 Å². The average molecular weight is 209 g/mol. The molecule has 0 amide bonds. The summed E-state index contributed by atoms with van der Waals surface area (Å²) in [5, 5.41) is 0. The van der Waals surface area contributed by atoms with Crippen molar-refractivity contribution in [1.29, 1.82) is 0 Å². The van der Waals surface area contributed by atoms with Crippen molar-refractivity contribution in [2.75, 3.05) is 12.8 Å². The van der Waals surface area contributed by atoms with Crippen LogP contribution in [0.1, 0.15) is 5.56 Å². The van der Waals surface area contributed by atoms with E-state index in [1.165, 1.54) is 0 Å². The van der Waals surface area contributed by atoms with Crippen LogP contribution in [0.25, 0.3) is 0 Å². The van der Waals surface area contributed by atoms with Gasteiger partial charge in [-0.1, -0.05) is 0 Å². The molecule has 0 spiro atoms. The number of anilines is 1. The SMILES string of the molecule is COc1c(N)ccc(C(F)(F)F)c1F. The number of ether oxygens (including phenoxy) is 1. The highest BCUT2D eigenvalue weighted by molar-refractivity contribution is 5.55. The first kappa shape index (κ1) is 10.6. The Morgan fingerprint density at radius 3 is 2.29 bits per heavy atom. The second-order valence-corrected chi connectivity index (χ2v) is 2.55. The minimum Gasteiger partial charge on any atom is -0.492 e. The third-order valence-corrected chi connectivity index (χ3v) is 1.64. The minimum atomic E-state index is -4.74. The highest BCUT2D eigenvalue weighted by atomic mass is 19.4. The number of alkyl halides is 3. The fraction of sp³-hybridized carbons (Fsp3) is 0.250. The molecular formula is C8H7F4NO. The lowest BCUT2D eigenvalue weighted by molar-refractivity contribution is -0.140. The van der Waals surface area contributed by atoms with Crippen LogP contribution in [0.5, 0.6) is 5.75 Å². The maximum atomic E-state index is 13.1. The summed E-state index contributed by atoms with van der Waals surface area (Å²) in [7, 11) is 1.05. The quantitative estimate of drug-likeness (QED) is 0.569. The van der Waals surface area contributed by atoms with E-state index >= 15 is 0 Å². The standard InChI is InChI=1S/C8H7F4NO/c1-14-7-5(13)3-2-4(6(7)9)8(10,11)12/h2-3H,13H2,1H3. The predicted molar refractivity (Wildman–Crippen MR) is 42.4 cm³/mol. The fourth-order valence-corrected chi connectivity index (χ4v) is 0.997. The van der Waals surface area contributed by atoms with Crippen LogP contribution in [0.2, 0.25) is 0 Å². The monoisotopic (exact) mass is 209 g/mol. The number of nitrogen functional groups attached to an aromatic ring is 1. The molecule has 14 heavy (non-hydrogen) atoms. The molecule has 0 aliphatic rings. The van der Waals surface area contributed by atoms with E-state index in [0.29, 0.717) is 6.07 Å². The summed E-state index contributed by atoms with van der Waals surface area (Å²) in [6.07, 6.45) is -4.74. The van der Waals surface area contributed by atoms with Gasteiger partial charge in [-0.05, 0) is 12.1 Å². The van der Waals surface area contributed by atoms with E-state index in [1.807, 2.05) is 0 Å². The van der Waals surface area contributed by atoms with Crippen LogP contribution in [-0.4, -0.2) is 7.11 Å². The first-order valence-electron chi connectivity index (χ1n) is 3.57. The Hall–Kier alpha value is -1.46. The van der Waals surface area contributed by atoms with Crippen molar-refractivity contribution >= 4 is 5.69 Å². The van der Waals surface area contributed by atoms with E-state index in [9.17, 15) is 17.6 Å². The molecule has 0 saturated carbocycles. The molecule has 78 valence electrons. The summed E-state index contributed by atoms with van der Waals surface area (Å²) >= 11 is 0. The molecule has 0 aliphatic heterocycles. The third kappa shape index (κ3) is 1.73. The normalized spacial score (nSPS) is 11.5. The molecule has 0 saturated heterocycles. The third-order valence-electron chi connectivity index (χ3n) is 1.64. The Bertz CT molecular complexity index is 348. The summed E-state index contributed by atoms with van der Waals surface area (Å²) in [6, 6.07) is 1.53. The molecule has 1 aromatic carbocycles. The lowest BCUT2D eigenvalue weighted by atomic mass is 10.1. The van der Waals surface area contributed by atoms with Gasteiger partial charge in [-0.25, -0.2) is 4.39 Å². The van der Waals surface area contributed by atoms with Gasteiger partial charge in [0.05, 0.1) is 18.4 Å². The molecule has 6 heteroatoms. The van der Waals surface area contributed by atoms with Crippen molar-refractivity contribution in [3.05, 3.63) is 23.5 Å². The molecule has 0 heterocycles. The maximum Gasteiger partial charge on any atom is 0.419 e. The molecule has 0 atom stereocenters. The molecule has 0 radical (unpaired) electrons. The zero-order valence-corrected chi connectivity index (χ0v) is 7.15. The zero-order valence-electron chi connectivity index (χ0n) is 7.15. The second kappa shape index (κ2) is 3.36. The Morgan fingerprint density at radius 2 is 1.86 bits per heavy atom. The van der Waals surface area contributed by atoms with Gasteiger partial charge in [0.15, 0.2) is 11.6 Å². The lowest BCUT2D eigenvalue weighted by Gasteiger charge is -2.11. The minimum absolute atomic E-state index is 0.169. The number of rotatable bonds is 1. The summed E-state index contributed by atoms with van der Waals surface area (Å²) in [4.78, 5) is 0. The predicted octanol–water partition coefficient (Wildman–Crippen LogP) is 2.44. The van der Waals surface area contributed by atoms with E-state index in [1.54, 1.807) is 0 Å². The first-order valence-corrected chi connectivity index (χ1v) is 3.57. The van der Waals surface area contributed by atoms with Gasteiger partial charge < -0.3 is 10.5 Å². The molecule has 2 N–H and O–H groups in total. The summed E-state index contributed by atoms with van der Waals surface area (Å²) in [5.74, 6) is -2.07. The maximum absolute atomic E-state index is 13.1. The number of methoxy groups -OCH3 is 1. The van der Waals surface area contributed by atoms with E-state index in [4.69, 9.17) is 5.73 Å². The fourth-order valence-electron chi connectivity index (χ4n) is 0.997. The Labute approximate surface area is 77.3 Å². The van der Waals surface area contributed by atoms with Crippen molar-refractivity contribution < 1.29 is 22.3 Å². The van der Waals surface area contributed by atoms with Crippen molar-refractivity contribution in [2.45, 2.75) is 6.18 Å². The van der Waals surface area contributed by atoms with Gasteiger partial charge in [0, 0.05) is 0 Å². The molecule has 0 bridgehead atoms. The van der Waals surface area contributed by atoms with E-state index in [0.717, 1.165) is 13.2 Å². The molecule has 0 aliphatic carbocycles. The Kier molecular flexibility index (Phi) is 2.55. The average Bonchev–Trinajstić information content (AvgIpc) is 2.02. The molecule has 0 fully saturated rings. The smallest absolute Gasteiger partial charge is 0.419 e. The number of nitrogens with two attached hydrogens (primary N) is 1. The van der Waals surface area contributed by atoms with Crippen molar-refractivity contribution in [3.63, 3.8) is 0 Å². The second-order valence-electron chi connectivity index (χ2n) is 2.55. The largest absolute Gasteiger partial charge is 0.492 e. The number of hydrogen-bond acceptors (Lipinski definition) is 2. The van der Waals surface area contributed by atoms with Gasteiger partial charge in [0.1, 0.15) is 0 Å². The van der Waals surface area contributed by atoms with Gasteiger partial charge in [0.2, 0.25) is 0 Å². The van der Waals surface area contributed by atoms with Crippen LogP contribution >= 0.6 is 0 Å². The van der Waals surface area contributed by atoms with Crippen LogP contribution in [0.4, 0.5) is 23.2 Å². The highest BCUT2D eigenvalue weighted by Crippen LogP contribution is 2.37. The van der Waals surface area contributed by atoms with Gasteiger partial charge in [0.25, 0.3) is 0 Å². The van der Waals surface area contributed by atoms with E-state index in [2.05, 4.69) is 4.74 Å². The van der Waals surface area contributed by atoms with Crippen LogP contribution in [0, 0.1) is 5.82 Å². The summed E-state index contributed by atoms with van der Waals surface area (Å²) in [6.45, 7) is 0. The summed E-state index contributed by atoms with van der Waals surface area (Å²) in [5.41, 5.74) is 3.66. The van der Waals surface area contributed by atoms with Gasteiger partial charge in [-0.15, -0.1) is 0 Å². The molecule has 1 aromatic rings. The van der Waals surface area contributed by atoms with Crippen LogP contribution in [-0.2, 0) is 6.18 Å².